The second kappa shape index (κ2) is 4.21. The molecule has 0 aromatic carbocycles. The number of thiazole rings is 1. The number of fused-ring (bicyclic) bond motifs is 1. The quantitative estimate of drug-likeness (QED) is 0.785. The fourth-order valence-electron chi connectivity index (χ4n) is 1.57. The Hall–Kier alpha value is -1.67. The minimum atomic E-state index is -0.0844. The summed E-state index contributed by atoms with van der Waals surface area (Å²) in [6, 6.07) is 0. The number of aromatic amines is 1. The smallest absolute Gasteiger partial charge is 0.269 e. The van der Waals surface area contributed by atoms with Crippen LogP contribution in [0.3, 0.4) is 0 Å². The van der Waals surface area contributed by atoms with Crippen molar-refractivity contribution < 1.29 is 4.79 Å². The van der Waals surface area contributed by atoms with Gasteiger partial charge in [0.15, 0.2) is 4.96 Å². The highest BCUT2D eigenvalue weighted by Gasteiger charge is 2.18. The number of rotatable bonds is 2. The highest BCUT2D eigenvalue weighted by atomic mass is 79.9. The molecule has 1 N–H and O–H groups in total. The Kier molecular flexibility index (Phi) is 2.67. The molecule has 0 aliphatic rings. The van der Waals surface area contributed by atoms with Crippen molar-refractivity contribution in [1.82, 2.24) is 19.6 Å². The average Bonchev–Trinajstić information content (AvgIpc) is 3.06. The van der Waals surface area contributed by atoms with E-state index < -0.39 is 0 Å². The molecule has 0 unspecified atom stereocenters. The van der Waals surface area contributed by atoms with Gasteiger partial charge in [-0.05, 0) is 15.9 Å². The van der Waals surface area contributed by atoms with E-state index in [-0.39, 0.29) is 5.91 Å². The number of amides is 1. The van der Waals surface area contributed by atoms with E-state index in [4.69, 9.17) is 0 Å². The van der Waals surface area contributed by atoms with Crippen LogP contribution >= 0.6 is 27.3 Å². The van der Waals surface area contributed by atoms with Gasteiger partial charge in [-0.15, -0.1) is 0 Å². The Morgan fingerprint density at radius 1 is 1.56 bits per heavy atom. The zero-order valence-corrected chi connectivity index (χ0v) is 11.7. The van der Waals surface area contributed by atoms with Crippen LogP contribution in [0.2, 0.25) is 0 Å². The van der Waals surface area contributed by atoms with E-state index in [0.717, 1.165) is 15.3 Å². The zero-order valence-electron chi connectivity index (χ0n) is 9.29. The molecular weight excluding hydrogens is 318 g/mol. The molecule has 0 aliphatic carbocycles. The van der Waals surface area contributed by atoms with Crippen LogP contribution in [0.25, 0.3) is 4.96 Å². The van der Waals surface area contributed by atoms with E-state index in [1.807, 2.05) is 4.40 Å². The number of hydrogen-bond donors (Lipinski definition) is 1. The lowest BCUT2D eigenvalue weighted by Gasteiger charge is -2.12. The lowest BCUT2D eigenvalue weighted by molar-refractivity contribution is 0.0996. The first-order valence-corrected chi connectivity index (χ1v) is 6.67. The standard InChI is InChI=1S/C10H8BrN5OS/c1-15(6-2-13-14-3-6)9(17)7-5-16-8(11)4-12-10(16)18-7/h2-5H,1H3,(H,13,14). The van der Waals surface area contributed by atoms with Crippen LogP contribution in [0.5, 0.6) is 0 Å². The van der Waals surface area contributed by atoms with Crippen LogP contribution in [-0.2, 0) is 0 Å². The lowest BCUT2D eigenvalue weighted by atomic mass is 10.4. The normalized spacial score (nSPS) is 11.0. The Balaban J connectivity index is 1.96. The molecule has 0 spiro atoms. The maximum absolute atomic E-state index is 12.3. The second-order valence-electron chi connectivity index (χ2n) is 3.65. The summed E-state index contributed by atoms with van der Waals surface area (Å²) in [5.74, 6) is -0.0844. The number of aromatic nitrogens is 4. The molecular formula is C10H8BrN5OS. The van der Waals surface area contributed by atoms with Crippen LogP contribution in [0.15, 0.2) is 29.4 Å². The Morgan fingerprint density at radius 3 is 3.06 bits per heavy atom. The van der Waals surface area contributed by atoms with E-state index in [0.29, 0.717) is 4.88 Å². The summed E-state index contributed by atoms with van der Waals surface area (Å²) >= 11 is 4.72. The fraction of sp³-hybridized carbons (Fsp3) is 0.100. The van der Waals surface area contributed by atoms with E-state index in [1.54, 1.807) is 36.7 Å². The number of imidazole rings is 1. The van der Waals surface area contributed by atoms with Gasteiger partial charge in [-0.1, -0.05) is 11.3 Å². The van der Waals surface area contributed by atoms with Gasteiger partial charge in [0, 0.05) is 19.4 Å². The summed E-state index contributed by atoms with van der Waals surface area (Å²) in [5.41, 5.74) is 0.727. The first-order chi connectivity index (χ1) is 8.66. The molecule has 0 atom stereocenters. The summed E-state index contributed by atoms with van der Waals surface area (Å²) in [6.07, 6.45) is 6.76. The Labute approximate surface area is 114 Å². The van der Waals surface area contributed by atoms with Gasteiger partial charge in [-0.25, -0.2) is 4.98 Å². The van der Waals surface area contributed by atoms with Crippen LogP contribution in [0.4, 0.5) is 5.69 Å². The Bertz CT molecular complexity index is 701. The van der Waals surface area contributed by atoms with Crippen LogP contribution in [-0.4, -0.2) is 32.5 Å². The van der Waals surface area contributed by atoms with Crippen molar-refractivity contribution in [2.75, 3.05) is 11.9 Å². The second-order valence-corrected chi connectivity index (χ2v) is 5.47. The molecule has 8 heteroatoms. The molecule has 3 aromatic heterocycles. The van der Waals surface area contributed by atoms with Crippen molar-refractivity contribution in [2.24, 2.45) is 0 Å². The minimum absolute atomic E-state index is 0.0844. The van der Waals surface area contributed by atoms with Crippen LogP contribution < -0.4 is 4.90 Å². The average molecular weight is 326 g/mol. The van der Waals surface area contributed by atoms with Crippen molar-refractivity contribution in [3.8, 4) is 0 Å². The van der Waals surface area contributed by atoms with E-state index in [1.165, 1.54) is 11.3 Å². The van der Waals surface area contributed by atoms with Gasteiger partial charge in [0.05, 0.1) is 18.1 Å². The topological polar surface area (TPSA) is 66.3 Å². The molecule has 3 heterocycles. The van der Waals surface area contributed by atoms with Gasteiger partial charge >= 0.3 is 0 Å². The number of carbonyl (C=O) groups is 1. The number of H-pyrrole nitrogens is 1. The molecule has 3 rings (SSSR count). The van der Waals surface area contributed by atoms with Crippen molar-refractivity contribution in [1.29, 1.82) is 0 Å². The highest BCUT2D eigenvalue weighted by Crippen LogP contribution is 2.24. The number of carbonyl (C=O) groups excluding carboxylic acids is 1. The molecule has 6 nitrogen and oxygen atoms in total. The number of halogens is 1. The molecule has 0 bridgehead atoms. The van der Waals surface area contributed by atoms with Crippen LogP contribution in [0, 0.1) is 0 Å². The van der Waals surface area contributed by atoms with E-state index in [9.17, 15) is 4.79 Å². The third-order valence-corrected chi connectivity index (χ3v) is 4.12. The third-order valence-electron chi connectivity index (χ3n) is 2.55. The SMILES string of the molecule is CN(C(=O)c1cn2c(Br)cnc2s1)c1cn[nH]c1. The maximum Gasteiger partial charge on any atom is 0.269 e. The molecule has 1 amide bonds. The number of anilines is 1. The largest absolute Gasteiger partial charge is 0.308 e. The molecule has 0 fully saturated rings. The molecule has 0 saturated carbocycles. The Morgan fingerprint density at radius 2 is 2.39 bits per heavy atom. The fourth-order valence-corrected chi connectivity index (χ4v) is 2.99. The van der Waals surface area contributed by atoms with E-state index in [2.05, 4.69) is 31.1 Å². The summed E-state index contributed by atoms with van der Waals surface area (Å²) in [7, 11) is 1.71. The first-order valence-electron chi connectivity index (χ1n) is 5.06. The summed E-state index contributed by atoms with van der Waals surface area (Å²) in [5, 5.41) is 6.51. The van der Waals surface area contributed by atoms with Gasteiger partial charge in [-0.3, -0.25) is 14.3 Å². The van der Waals surface area contributed by atoms with Crippen molar-refractivity contribution in [2.45, 2.75) is 0 Å². The zero-order chi connectivity index (χ0) is 12.7. The predicted octanol–water partition coefficient (Wildman–Crippen LogP) is 2.16. The first kappa shape index (κ1) is 11.4. The van der Waals surface area contributed by atoms with Gasteiger partial charge < -0.3 is 4.90 Å². The maximum atomic E-state index is 12.3. The highest BCUT2D eigenvalue weighted by molar-refractivity contribution is 9.10. The van der Waals surface area contributed by atoms with Gasteiger partial charge in [-0.2, -0.15) is 5.10 Å². The van der Waals surface area contributed by atoms with Gasteiger partial charge in [0.1, 0.15) is 9.48 Å². The minimum Gasteiger partial charge on any atom is -0.308 e. The molecule has 3 aromatic rings. The summed E-state index contributed by atoms with van der Waals surface area (Å²) in [4.78, 5) is 19.4. The van der Waals surface area contributed by atoms with Crippen molar-refractivity contribution in [3.05, 3.63) is 34.3 Å². The van der Waals surface area contributed by atoms with Gasteiger partial charge in [0.2, 0.25) is 0 Å². The molecule has 0 radical (unpaired) electrons. The van der Waals surface area contributed by atoms with Crippen molar-refractivity contribution >= 4 is 43.8 Å². The molecule has 92 valence electrons. The number of nitrogens with one attached hydrogen (secondary N) is 1. The number of hydrogen-bond acceptors (Lipinski definition) is 4. The lowest BCUT2D eigenvalue weighted by Crippen LogP contribution is -2.24. The predicted molar refractivity (Wildman–Crippen MR) is 72.1 cm³/mol. The molecule has 18 heavy (non-hydrogen) atoms. The summed E-state index contributed by atoms with van der Waals surface area (Å²) in [6.45, 7) is 0. The summed E-state index contributed by atoms with van der Waals surface area (Å²) < 4.78 is 2.67. The van der Waals surface area contributed by atoms with Crippen LogP contribution in [0.1, 0.15) is 9.67 Å². The van der Waals surface area contributed by atoms with Crippen molar-refractivity contribution in [3.63, 3.8) is 0 Å². The molecule has 0 saturated heterocycles. The third kappa shape index (κ3) is 1.73. The van der Waals surface area contributed by atoms with E-state index >= 15 is 0 Å². The molecule has 0 aliphatic heterocycles. The monoisotopic (exact) mass is 325 g/mol. The van der Waals surface area contributed by atoms with Gasteiger partial charge in [0.25, 0.3) is 5.91 Å². The number of nitrogens with zero attached hydrogens (tertiary/aromatic N) is 4.